The Bertz CT molecular complexity index is 535. The van der Waals surface area contributed by atoms with Gasteiger partial charge in [0.1, 0.15) is 0 Å². The summed E-state index contributed by atoms with van der Waals surface area (Å²) in [5.74, 6) is 0.449. The Labute approximate surface area is 110 Å². The van der Waals surface area contributed by atoms with Gasteiger partial charge in [-0.2, -0.15) is 0 Å². The summed E-state index contributed by atoms with van der Waals surface area (Å²) in [7, 11) is 0. The van der Waals surface area contributed by atoms with E-state index in [0.717, 1.165) is 0 Å². The van der Waals surface area contributed by atoms with E-state index in [0.29, 0.717) is 5.92 Å². The van der Waals surface area contributed by atoms with Crippen LogP contribution in [0.25, 0.3) is 6.08 Å². The molecule has 0 N–H and O–H groups in total. The van der Waals surface area contributed by atoms with Crippen LogP contribution in [0.5, 0.6) is 0 Å². The topological polar surface area (TPSA) is 0 Å². The molecule has 0 aromatic heterocycles. The lowest BCUT2D eigenvalue weighted by Gasteiger charge is -2.12. The van der Waals surface area contributed by atoms with E-state index in [4.69, 9.17) is 0 Å². The van der Waals surface area contributed by atoms with E-state index in [1.165, 1.54) is 22.3 Å². The number of benzene rings is 2. The molecule has 18 heavy (non-hydrogen) atoms. The van der Waals surface area contributed by atoms with Crippen LogP contribution < -0.4 is 0 Å². The highest BCUT2D eigenvalue weighted by atomic mass is 14.1. The number of hydrogen-bond donors (Lipinski definition) is 0. The normalized spacial score (nSPS) is 12.8. The maximum absolute atomic E-state index is 2.27. The molecule has 0 aliphatic heterocycles. The molecule has 0 saturated heterocycles. The molecule has 0 aliphatic rings. The van der Waals surface area contributed by atoms with E-state index in [-0.39, 0.29) is 0 Å². The van der Waals surface area contributed by atoms with Gasteiger partial charge in [-0.25, -0.2) is 0 Å². The number of rotatable bonds is 3. The second-order valence-corrected chi connectivity index (χ2v) is 4.85. The van der Waals surface area contributed by atoms with Crippen molar-refractivity contribution in [2.24, 2.45) is 0 Å². The SMILES string of the molecule is Cc1cccc(C(C)/C=C/c2ccccc2)c1C. The zero-order valence-electron chi connectivity index (χ0n) is 11.4. The standard InChI is InChI=1S/C18H20/c1-14-8-7-11-18(16(14)3)15(2)12-13-17-9-5-4-6-10-17/h4-13,15H,1-3H3/b13-12+. The van der Waals surface area contributed by atoms with Crippen molar-refractivity contribution >= 4 is 6.08 Å². The average Bonchev–Trinajstić information content (AvgIpc) is 2.40. The van der Waals surface area contributed by atoms with Crippen molar-refractivity contribution in [1.29, 1.82) is 0 Å². The molecule has 2 aromatic carbocycles. The molecule has 2 aromatic rings. The van der Waals surface area contributed by atoms with E-state index in [2.05, 4.69) is 75.4 Å². The Morgan fingerprint density at radius 3 is 2.33 bits per heavy atom. The van der Waals surface area contributed by atoms with Gasteiger partial charge in [-0.3, -0.25) is 0 Å². The molecular weight excluding hydrogens is 216 g/mol. The van der Waals surface area contributed by atoms with Crippen LogP contribution in [0.2, 0.25) is 0 Å². The van der Waals surface area contributed by atoms with Crippen LogP contribution in [0.4, 0.5) is 0 Å². The third-order valence-electron chi connectivity index (χ3n) is 3.51. The quantitative estimate of drug-likeness (QED) is 0.693. The first-order chi connectivity index (χ1) is 8.68. The predicted octanol–water partition coefficient (Wildman–Crippen LogP) is 5.12. The molecule has 0 heteroatoms. The lowest BCUT2D eigenvalue weighted by Crippen LogP contribution is -1.95. The van der Waals surface area contributed by atoms with Gasteiger partial charge < -0.3 is 0 Å². The summed E-state index contributed by atoms with van der Waals surface area (Å²) in [6.45, 7) is 6.63. The van der Waals surface area contributed by atoms with Gasteiger partial charge in [0.2, 0.25) is 0 Å². The van der Waals surface area contributed by atoms with E-state index in [1.807, 2.05) is 6.07 Å². The number of allylic oxidation sites excluding steroid dienone is 1. The van der Waals surface area contributed by atoms with Crippen LogP contribution in [0.3, 0.4) is 0 Å². The Balaban J connectivity index is 2.20. The van der Waals surface area contributed by atoms with E-state index >= 15 is 0 Å². The molecule has 0 fully saturated rings. The second kappa shape index (κ2) is 5.68. The van der Waals surface area contributed by atoms with Gasteiger partial charge >= 0.3 is 0 Å². The first kappa shape index (κ1) is 12.6. The van der Waals surface area contributed by atoms with Gasteiger partial charge in [0.15, 0.2) is 0 Å². The summed E-state index contributed by atoms with van der Waals surface area (Å²) in [5.41, 5.74) is 5.45. The van der Waals surface area contributed by atoms with E-state index in [9.17, 15) is 0 Å². The highest BCUT2D eigenvalue weighted by Crippen LogP contribution is 2.23. The third-order valence-corrected chi connectivity index (χ3v) is 3.51. The van der Waals surface area contributed by atoms with Crippen molar-refractivity contribution in [1.82, 2.24) is 0 Å². The molecule has 0 heterocycles. The molecule has 0 saturated carbocycles. The third kappa shape index (κ3) is 2.89. The highest BCUT2D eigenvalue weighted by molar-refractivity contribution is 5.51. The Hall–Kier alpha value is -1.82. The monoisotopic (exact) mass is 236 g/mol. The van der Waals surface area contributed by atoms with Crippen LogP contribution in [0, 0.1) is 13.8 Å². The first-order valence-electron chi connectivity index (χ1n) is 6.48. The summed E-state index contributed by atoms with van der Waals surface area (Å²) >= 11 is 0. The van der Waals surface area contributed by atoms with Crippen molar-refractivity contribution in [2.75, 3.05) is 0 Å². The Kier molecular flexibility index (Phi) is 3.99. The van der Waals surface area contributed by atoms with Crippen molar-refractivity contribution in [3.05, 3.63) is 76.9 Å². The Morgan fingerprint density at radius 1 is 0.889 bits per heavy atom. The van der Waals surface area contributed by atoms with Crippen LogP contribution in [-0.4, -0.2) is 0 Å². The van der Waals surface area contributed by atoms with Crippen molar-refractivity contribution in [3.63, 3.8) is 0 Å². The summed E-state index contributed by atoms with van der Waals surface area (Å²) in [5, 5.41) is 0. The number of aryl methyl sites for hydroxylation is 1. The fraction of sp³-hybridized carbons (Fsp3) is 0.222. The van der Waals surface area contributed by atoms with Gasteiger partial charge in [0.25, 0.3) is 0 Å². The Morgan fingerprint density at radius 2 is 1.61 bits per heavy atom. The fourth-order valence-electron chi connectivity index (χ4n) is 2.19. The molecule has 0 radical (unpaired) electrons. The molecule has 1 unspecified atom stereocenters. The highest BCUT2D eigenvalue weighted by Gasteiger charge is 2.06. The molecule has 92 valence electrons. The van der Waals surface area contributed by atoms with Crippen molar-refractivity contribution in [3.8, 4) is 0 Å². The van der Waals surface area contributed by atoms with Crippen LogP contribution in [-0.2, 0) is 0 Å². The van der Waals surface area contributed by atoms with Gasteiger partial charge in [-0.15, -0.1) is 0 Å². The molecule has 1 atom stereocenters. The lowest BCUT2D eigenvalue weighted by atomic mass is 9.93. The molecule has 0 nitrogen and oxygen atoms in total. The van der Waals surface area contributed by atoms with Gasteiger partial charge in [-0.1, -0.05) is 67.6 Å². The molecular formula is C18H20. The van der Waals surface area contributed by atoms with Gasteiger partial charge in [0.05, 0.1) is 0 Å². The number of hydrogen-bond acceptors (Lipinski definition) is 0. The average molecular weight is 236 g/mol. The van der Waals surface area contributed by atoms with Crippen molar-refractivity contribution < 1.29 is 0 Å². The molecule has 0 spiro atoms. The van der Waals surface area contributed by atoms with Crippen LogP contribution in [0.1, 0.15) is 35.1 Å². The van der Waals surface area contributed by atoms with Gasteiger partial charge in [0, 0.05) is 0 Å². The lowest BCUT2D eigenvalue weighted by molar-refractivity contribution is 0.952. The van der Waals surface area contributed by atoms with Crippen molar-refractivity contribution in [2.45, 2.75) is 26.7 Å². The molecule has 0 amide bonds. The van der Waals surface area contributed by atoms with Gasteiger partial charge in [-0.05, 0) is 42.0 Å². The largest absolute Gasteiger partial charge is 0.0767 e. The fourth-order valence-corrected chi connectivity index (χ4v) is 2.19. The molecule has 2 rings (SSSR count). The second-order valence-electron chi connectivity index (χ2n) is 4.85. The van der Waals surface area contributed by atoms with Crippen LogP contribution in [0.15, 0.2) is 54.6 Å². The molecule has 0 aliphatic carbocycles. The molecule has 0 bridgehead atoms. The zero-order chi connectivity index (χ0) is 13.0. The summed E-state index contributed by atoms with van der Waals surface area (Å²) < 4.78 is 0. The predicted molar refractivity (Wildman–Crippen MR) is 79.8 cm³/mol. The maximum atomic E-state index is 2.27. The summed E-state index contributed by atoms with van der Waals surface area (Å²) in [6, 6.07) is 17.0. The summed E-state index contributed by atoms with van der Waals surface area (Å²) in [6.07, 6.45) is 4.48. The van der Waals surface area contributed by atoms with Crippen LogP contribution >= 0.6 is 0 Å². The first-order valence-corrected chi connectivity index (χ1v) is 6.48. The zero-order valence-corrected chi connectivity index (χ0v) is 11.4. The minimum Gasteiger partial charge on any atom is -0.0767 e. The minimum atomic E-state index is 0.449. The minimum absolute atomic E-state index is 0.449. The van der Waals surface area contributed by atoms with E-state index < -0.39 is 0 Å². The smallest absolute Gasteiger partial charge is 0.000439 e. The van der Waals surface area contributed by atoms with E-state index in [1.54, 1.807) is 0 Å². The summed E-state index contributed by atoms with van der Waals surface area (Å²) in [4.78, 5) is 0. The maximum Gasteiger partial charge on any atom is -0.000439 e.